The fraction of sp³-hybridized carbons (Fsp3) is 0.300. The SMILES string of the molecule is CNCc1ncc(-c2ccoc2C)o1. The van der Waals surface area contributed by atoms with Crippen LogP contribution in [0.25, 0.3) is 11.3 Å². The highest BCUT2D eigenvalue weighted by molar-refractivity contribution is 5.58. The van der Waals surface area contributed by atoms with E-state index in [9.17, 15) is 0 Å². The van der Waals surface area contributed by atoms with Gasteiger partial charge in [-0.05, 0) is 20.0 Å². The number of hydrogen-bond donors (Lipinski definition) is 1. The fourth-order valence-electron chi connectivity index (χ4n) is 1.31. The molecule has 2 heterocycles. The quantitative estimate of drug-likeness (QED) is 0.807. The molecule has 4 heteroatoms. The van der Waals surface area contributed by atoms with Crippen LogP contribution in [-0.2, 0) is 6.54 Å². The fourth-order valence-corrected chi connectivity index (χ4v) is 1.31. The van der Waals surface area contributed by atoms with Crippen LogP contribution < -0.4 is 5.32 Å². The molecule has 1 N–H and O–H groups in total. The zero-order valence-electron chi connectivity index (χ0n) is 8.20. The van der Waals surface area contributed by atoms with Gasteiger partial charge in [0.25, 0.3) is 0 Å². The Hall–Kier alpha value is -1.55. The molecule has 0 saturated carbocycles. The Balaban J connectivity index is 2.29. The molecule has 0 spiro atoms. The van der Waals surface area contributed by atoms with Crippen LogP contribution in [0.5, 0.6) is 0 Å². The highest BCUT2D eigenvalue weighted by Crippen LogP contribution is 2.24. The molecule has 74 valence electrons. The van der Waals surface area contributed by atoms with E-state index < -0.39 is 0 Å². The molecule has 0 radical (unpaired) electrons. The minimum absolute atomic E-state index is 0.636. The summed E-state index contributed by atoms with van der Waals surface area (Å²) in [5.74, 6) is 2.28. The third kappa shape index (κ3) is 1.56. The molecule has 2 aromatic heterocycles. The first-order valence-electron chi connectivity index (χ1n) is 4.45. The smallest absolute Gasteiger partial charge is 0.208 e. The van der Waals surface area contributed by atoms with E-state index in [1.54, 1.807) is 12.5 Å². The lowest BCUT2D eigenvalue weighted by molar-refractivity contribution is 0.488. The van der Waals surface area contributed by atoms with Gasteiger partial charge in [0.1, 0.15) is 5.76 Å². The van der Waals surface area contributed by atoms with E-state index in [1.807, 2.05) is 20.0 Å². The summed E-state index contributed by atoms with van der Waals surface area (Å²) in [5.41, 5.74) is 0.958. The van der Waals surface area contributed by atoms with Crippen molar-refractivity contribution in [3.63, 3.8) is 0 Å². The first-order chi connectivity index (χ1) is 6.81. The molecule has 4 nitrogen and oxygen atoms in total. The number of aromatic nitrogens is 1. The topological polar surface area (TPSA) is 51.2 Å². The Labute approximate surface area is 81.9 Å². The van der Waals surface area contributed by atoms with Gasteiger partial charge in [-0.3, -0.25) is 0 Å². The van der Waals surface area contributed by atoms with Crippen molar-refractivity contribution in [1.29, 1.82) is 0 Å². The van der Waals surface area contributed by atoms with Crippen molar-refractivity contribution in [2.24, 2.45) is 0 Å². The Kier molecular flexibility index (Phi) is 2.37. The van der Waals surface area contributed by atoms with Crippen LogP contribution in [0, 0.1) is 6.92 Å². The van der Waals surface area contributed by atoms with Crippen LogP contribution in [0.3, 0.4) is 0 Å². The van der Waals surface area contributed by atoms with Gasteiger partial charge in [0.05, 0.1) is 24.6 Å². The van der Waals surface area contributed by atoms with Crippen LogP contribution in [0.15, 0.2) is 27.4 Å². The first-order valence-corrected chi connectivity index (χ1v) is 4.45. The van der Waals surface area contributed by atoms with E-state index in [0.29, 0.717) is 12.4 Å². The van der Waals surface area contributed by atoms with Crippen LogP contribution in [0.1, 0.15) is 11.7 Å². The van der Waals surface area contributed by atoms with E-state index in [0.717, 1.165) is 17.1 Å². The molecule has 0 bridgehead atoms. The van der Waals surface area contributed by atoms with Crippen molar-refractivity contribution in [2.75, 3.05) is 7.05 Å². The Morgan fingerprint density at radius 1 is 1.50 bits per heavy atom. The summed E-state index contributed by atoms with van der Waals surface area (Å²) in [6, 6.07) is 1.87. The van der Waals surface area contributed by atoms with Crippen molar-refractivity contribution >= 4 is 0 Å². The van der Waals surface area contributed by atoms with Gasteiger partial charge in [-0.25, -0.2) is 4.98 Å². The van der Waals surface area contributed by atoms with Crippen LogP contribution in [0.4, 0.5) is 0 Å². The molecule has 0 unspecified atom stereocenters. The van der Waals surface area contributed by atoms with E-state index in [-0.39, 0.29) is 0 Å². The molecule has 0 fully saturated rings. The third-order valence-electron chi connectivity index (χ3n) is 2.01. The van der Waals surface area contributed by atoms with Crippen LogP contribution in [0.2, 0.25) is 0 Å². The lowest BCUT2D eigenvalue weighted by Gasteiger charge is -1.92. The van der Waals surface area contributed by atoms with Crippen LogP contribution in [-0.4, -0.2) is 12.0 Å². The second kappa shape index (κ2) is 3.67. The van der Waals surface area contributed by atoms with Gasteiger partial charge < -0.3 is 14.2 Å². The van der Waals surface area contributed by atoms with Crippen molar-refractivity contribution < 1.29 is 8.83 Å². The molecule has 2 rings (SSSR count). The van der Waals surface area contributed by atoms with Gasteiger partial charge in [-0.2, -0.15) is 0 Å². The number of oxazole rings is 1. The van der Waals surface area contributed by atoms with Crippen molar-refractivity contribution in [3.05, 3.63) is 30.2 Å². The van der Waals surface area contributed by atoms with Crippen molar-refractivity contribution in [2.45, 2.75) is 13.5 Å². The predicted octanol–water partition coefficient (Wildman–Crippen LogP) is 1.96. The number of nitrogens with zero attached hydrogens (tertiary/aromatic N) is 1. The number of furan rings is 1. The average molecular weight is 192 g/mol. The summed E-state index contributed by atoms with van der Waals surface area (Å²) in [7, 11) is 1.85. The first kappa shape index (κ1) is 9.02. The normalized spacial score (nSPS) is 10.7. The number of rotatable bonds is 3. The second-order valence-corrected chi connectivity index (χ2v) is 3.04. The lowest BCUT2D eigenvalue weighted by atomic mass is 10.2. The zero-order valence-corrected chi connectivity index (χ0v) is 8.20. The van der Waals surface area contributed by atoms with Gasteiger partial charge >= 0.3 is 0 Å². The van der Waals surface area contributed by atoms with Gasteiger partial charge in [0.15, 0.2) is 5.76 Å². The summed E-state index contributed by atoms with van der Waals surface area (Å²) >= 11 is 0. The molecule has 0 saturated heterocycles. The molecule has 0 amide bonds. The largest absolute Gasteiger partial charge is 0.469 e. The molecule has 0 aliphatic heterocycles. The summed E-state index contributed by atoms with van der Waals surface area (Å²) in [6.45, 7) is 2.53. The van der Waals surface area contributed by atoms with Gasteiger partial charge in [-0.1, -0.05) is 0 Å². The highest BCUT2D eigenvalue weighted by atomic mass is 16.4. The van der Waals surface area contributed by atoms with E-state index in [1.165, 1.54) is 0 Å². The molecule has 0 aromatic carbocycles. The Morgan fingerprint density at radius 2 is 2.36 bits per heavy atom. The maximum Gasteiger partial charge on any atom is 0.208 e. The maximum absolute atomic E-state index is 5.52. The third-order valence-corrected chi connectivity index (χ3v) is 2.01. The molecular formula is C10H12N2O2. The highest BCUT2D eigenvalue weighted by Gasteiger charge is 2.09. The second-order valence-electron chi connectivity index (χ2n) is 3.04. The summed E-state index contributed by atoms with van der Waals surface area (Å²) in [6.07, 6.45) is 3.36. The molecule has 14 heavy (non-hydrogen) atoms. The Bertz CT molecular complexity index is 417. The van der Waals surface area contributed by atoms with Gasteiger partial charge in [-0.15, -0.1) is 0 Å². The van der Waals surface area contributed by atoms with Crippen LogP contribution >= 0.6 is 0 Å². The van der Waals surface area contributed by atoms with E-state index in [2.05, 4.69) is 10.3 Å². The lowest BCUT2D eigenvalue weighted by Crippen LogP contribution is -2.04. The molecule has 0 aliphatic carbocycles. The van der Waals surface area contributed by atoms with E-state index >= 15 is 0 Å². The predicted molar refractivity (Wildman–Crippen MR) is 51.7 cm³/mol. The summed E-state index contributed by atoms with van der Waals surface area (Å²) in [4.78, 5) is 4.13. The minimum atomic E-state index is 0.636. The van der Waals surface area contributed by atoms with Crippen molar-refractivity contribution in [3.8, 4) is 11.3 Å². The molecular weight excluding hydrogens is 180 g/mol. The molecule has 2 aromatic rings. The average Bonchev–Trinajstić information content (AvgIpc) is 2.74. The van der Waals surface area contributed by atoms with Gasteiger partial charge in [0, 0.05) is 0 Å². The van der Waals surface area contributed by atoms with E-state index in [4.69, 9.17) is 8.83 Å². The van der Waals surface area contributed by atoms with Crippen molar-refractivity contribution in [1.82, 2.24) is 10.3 Å². The zero-order chi connectivity index (χ0) is 9.97. The Morgan fingerprint density at radius 3 is 3.00 bits per heavy atom. The number of aryl methyl sites for hydroxylation is 1. The molecule has 0 atom stereocenters. The number of nitrogens with one attached hydrogen (secondary N) is 1. The standard InChI is InChI=1S/C10H12N2O2/c1-7-8(3-4-13-7)9-5-12-10(14-9)6-11-2/h3-5,11H,6H2,1-2H3. The minimum Gasteiger partial charge on any atom is -0.469 e. The van der Waals surface area contributed by atoms with Gasteiger partial charge in [0.2, 0.25) is 5.89 Å². The maximum atomic E-state index is 5.52. The number of hydrogen-bond acceptors (Lipinski definition) is 4. The summed E-state index contributed by atoms with van der Waals surface area (Å²) in [5, 5.41) is 2.98. The monoisotopic (exact) mass is 192 g/mol. The molecule has 0 aliphatic rings. The summed E-state index contributed by atoms with van der Waals surface area (Å²) < 4.78 is 10.7.